The fraction of sp³-hybridized carbons (Fsp3) is 0.625. The number of likely N-dealkylation sites (N-methyl/N-ethyl adjacent to an activating group) is 1. The molecule has 0 spiro atoms. The molecule has 0 bridgehead atoms. The number of aromatic nitrogens is 2. The lowest BCUT2D eigenvalue weighted by atomic mass is 9.89. The van der Waals surface area contributed by atoms with Crippen LogP contribution in [0.15, 0.2) is 6.33 Å². The Kier molecular flexibility index (Phi) is 3.34. The lowest BCUT2D eigenvalue weighted by Crippen LogP contribution is -3.12. The van der Waals surface area contributed by atoms with E-state index >= 15 is 0 Å². The molecule has 3 heterocycles. The first kappa shape index (κ1) is 13.5. The average molecular weight is 303 g/mol. The highest BCUT2D eigenvalue weighted by atomic mass is 32.1. The zero-order valence-electron chi connectivity index (χ0n) is 12.9. The molecule has 2 aliphatic rings. The number of nitrogens with one attached hydrogen (secondary N) is 1. The van der Waals surface area contributed by atoms with E-state index in [1.807, 2.05) is 11.3 Å². The highest BCUT2D eigenvalue weighted by molar-refractivity contribution is 7.19. The summed E-state index contributed by atoms with van der Waals surface area (Å²) in [4.78, 5) is 16.1. The van der Waals surface area contributed by atoms with E-state index in [-0.39, 0.29) is 0 Å². The average Bonchev–Trinajstić information content (AvgIpc) is 2.85. The van der Waals surface area contributed by atoms with Gasteiger partial charge in [0.05, 0.1) is 38.6 Å². The molecular weight excluding hydrogens is 280 g/mol. The zero-order chi connectivity index (χ0) is 14.4. The summed E-state index contributed by atoms with van der Waals surface area (Å²) in [5.74, 6) is 2.01. The minimum Gasteiger partial charge on any atom is -0.345 e. The van der Waals surface area contributed by atoms with Crippen molar-refractivity contribution in [2.45, 2.75) is 26.2 Å². The molecule has 1 atom stereocenters. The quantitative estimate of drug-likeness (QED) is 0.858. The third-order valence-corrected chi connectivity index (χ3v) is 6.15. The van der Waals surface area contributed by atoms with Gasteiger partial charge in [-0.1, -0.05) is 6.92 Å². The first-order chi connectivity index (χ1) is 10.2. The molecule has 4 nitrogen and oxygen atoms in total. The molecule has 0 unspecified atom stereocenters. The second-order valence-corrected chi connectivity index (χ2v) is 7.76. The lowest BCUT2D eigenvalue weighted by Gasteiger charge is -2.31. The summed E-state index contributed by atoms with van der Waals surface area (Å²) in [6, 6.07) is 0. The maximum absolute atomic E-state index is 4.67. The van der Waals surface area contributed by atoms with E-state index in [1.54, 1.807) is 21.7 Å². The summed E-state index contributed by atoms with van der Waals surface area (Å²) >= 11 is 1.90. The molecule has 5 heteroatoms. The van der Waals surface area contributed by atoms with Gasteiger partial charge < -0.3 is 9.80 Å². The van der Waals surface area contributed by atoms with Crippen LogP contribution in [0.5, 0.6) is 0 Å². The monoisotopic (exact) mass is 303 g/mol. The Bertz CT molecular complexity index is 658. The van der Waals surface area contributed by atoms with Gasteiger partial charge in [0, 0.05) is 4.88 Å². The third-order valence-electron chi connectivity index (χ3n) is 4.99. The molecule has 1 aliphatic heterocycles. The van der Waals surface area contributed by atoms with E-state index in [0.717, 1.165) is 19.0 Å². The van der Waals surface area contributed by atoms with Crippen molar-refractivity contribution in [3.8, 4) is 0 Å². The molecule has 2 aromatic rings. The van der Waals surface area contributed by atoms with Crippen LogP contribution in [-0.2, 0) is 12.8 Å². The number of quaternary nitrogens is 1. The number of thiophene rings is 1. The number of nitrogens with zero attached hydrogens (tertiary/aromatic N) is 3. The Hall–Kier alpha value is -1.20. The summed E-state index contributed by atoms with van der Waals surface area (Å²) in [7, 11) is 2.28. The van der Waals surface area contributed by atoms with Gasteiger partial charge >= 0.3 is 0 Å². The second kappa shape index (κ2) is 5.21. The van der Waals surface area contributed by atoms with Gasteiger partial charge in [-0.2, -0.15) is 0 Å². The first-order valence-electron chi connectivity index (χ1n) is 8.04. The van der Waals surface area contributed by atoms with Crippen molar-refractivity contribution in [3.63, 3.8) is 0 Å². The molecule has 2 aromatic heterocycles. The number of anilines is 1. The fourth-order valence-electron chi connectivity index (χ4n) is 3.60. The van der Waals surface area contributed by atoms with E-state index in [0.29, 0.717) is 0 Å². The molecule has 1 fully saturated rings. The van der Waals surface area contributed by atoms with E-state index < -0.39 is 0 Å². The van der Waals surface area contributed by atoms with E-state index in [9.17, 15) is 0 Å². The first-order valence-corrected chi connectivity index (χ1v) is 8.85. The van der Waals surface area contributed by atoms with Crippen molar-refractivity contribution in [3.05, 3.63) is 16.8 Å². The molecule has 1 saturated heterocycles. The summed E-state index contributed by atoms with van der Waals surface area (Å²) < 4.78 is 0. The maximum atomic E-state index is 4.67. The Labute approximate surface area is 129 Å². The van der Waals surface area contributed by atoms with Crippen molar-refractivity contribution in [1.82, 2.24) is 9.97 Å². The SMILES string of the molecule is C[C@@H]1CCc2c(sc3ncnc(N4CC[NH+](C)CC4)c23)C1. The molecule has 0 radical (unpaired) electrons. The Morgan fingerprint density at radius 1 is 1.29 bits per heavy atom. The van der Waals surface area contributed by atoms with Crippen LogP contribution in [0.4, 0.5) is 5.82 Å². The molecule has 4 rings (SSSR count). The second-order valence-electron chi connectivity index (χ2n) is 6.67. The third kappa shape index (κ3) is 2.32. The van der Waals surface area contributed by atoms with Crippen molar-refractivity contribution in [2.75, 3.05) is 38.1 Å². The van der Waals surface area contributed by atoms with Crippen LogP contribution in [0.2, 0.25) is 0 Å². The highest BCUT2D eigenvalue weighted by Gasteiger charge is 2.26. The van der Waals surface area contributed by atoms with Crippen molar-refractivity contribution in [2.24, 2.45) is 5.92 Å². The van der Waals surface area contributed by atoms with Crippen molar-refractivity contribution in [1.29, 1.82) is 0 Å². The Morgan fingerprint density at radius 3 is 2.90 bits per heavy atom. The van der Waals surface area contributed by atoms with Crippen molar-refractivity contribution >= 4 is 27.4 Å². The van der Waals surface area contributed by atoms with Gasteiger partial charge in [-0.3, -0.25) is 0 Å². The van der Waals surface area contributed by atoms with E-state index in [1.165, 1.54) is 48.4 Å². The summed E-state index contributed by atoms with van der Waals surface area (Å²) in [6.45, 7) is 6.99. The number of hydrogen-bond donors (Lipinski definition) is 1. The van der Waals surface area contributed by atoms with Crippen LogP contribution in [0, 0.1) is 5.92 Å². The molecule has 1 N–H and O–H groups in total. The van der Waals surface area contributed by atoms with Crippen LogP contribution in [0.3, 0.4) is 0 Å². The molecule has 0 amide bonds. The van der Waals surface area contributed by atoms with Gasteiger partial charge in [0.1, 0.15) is 17.0 Å². The Morgan fingerprint density at radius 2 is 2.10 bits per heavy atom. The molecule has 21 heavy (non-hydrogen) atoms. The smallest absolute Gasteiger partial charge is 0.141 e. The predicted octanol–water partition coefficient (Wildman–Crippen LogP) is 1.15. The minimum atomic E-state index is 0.814. The number of aryl methyl sites for hydroxylation is 1. The fourth-order valence-corrected chi connectivity index (χ4v) is 4.94. The number of hydrogen-bond acceptors (Lipinski definition) is 4. The number of fused-ring (bicyclic) bond motifs is 3. The number of rotatable bonds is 1. The standard InChI is InChI=1S/C16H22N4S/c1-11-3-4-12-13(9-11)21-16-14(12)15(17-10-18-16)20-7-5-19(2)6-8-20/h10-11H,3-9H2,1-2H3/p+1/t11-/m1/s1. The highest BCUT2D eigenvalue weighted by Crippen LogP contribution is 2.40. The lowest BCUT2D eigenvalue weighted by molar-refractivity contribution is -0.880. The van der Waals surface area contributed by atoms with E-state index in [2.05, 4.69) is 28.8 Å². The van der Waals surface area contributed by atoms with Crippen LogP contribution in [0.25, 0.3) is 10.2 Å². The summed E-state index contributed by atoms with van der Waals surface area (Å²) in [5.41, 5.74) is 1.55. The van der Waals surface area contributed by atoms with Crippen LogP contribution in [-0.4, -0.2) is 43.2 Å². The van der Waals surface area contributed by atoms with E-state index in [4.69, 9.17) is 0 Å². The zero-order valence-corrected chi connectivity index (χ0v) is 13.7. The van der Waals surface area contributed by atoms with Gasteiger partial charge in [0.2, 0.25) is 0 Å². The van der Waals surface area contributed by atoms with Gasteiger partial charge in [0.15, 0.2) is 0 Å². The Balaban J connectivity index is 1.79. The van der Waals surface area contributed by atoms with Gasteiger partial charge in [-0.05, 0) is 30.7 Å². The summed E-state index contributed by atoms with van der Waals surface area (Å²) in [5, 5.41) is 1.36. The normalized spacial score (nSPS) is 23.5. The predicted molar refractivity (Wildman–Crippen MR) is 87.4 cm³/mol. The minimum absolute atomic E-state index is 0.814. The molecule has 112 valence electrons. The van der Waals surface area contributed by atoms with Crippen LogP contribution in [0.1, 0.15) is 23.8 Å². The molecule has 1 aliphatic carbocycles. The largest absolute Gasteiger partial charge is 0.345 e. The van der Waals surface area contributed by atoms with Gasteiger partial charge in [-0.25, -0.2) is 9.97 Å². The topological polar surface area (TPSA) is 33.5 Å². The maximum Gasteiger partial charge on any atom is 0.141 e. The van der Waals surface area contributed by atoms with Crippen LogP contribution < -0.4 is 9.80 Å². The van der Waals surface area contributed by atoms with Crippen LogP contribution >= 0.6 is 11.3 Å². The molecular formula is C16H23N4S+. The molecule has 0 saturated carbocycles. The molecule has 0 aromatic carbocycles. The summed E-state index contributed by atoms with van der Waals surface area (Å²) in [6.07, 6.45) is 5.49. The van der Waals surface area contributed by atoms with Gasteiger partial charge in [0.25, 0.3) is 0 Å². The number of piperazine rings is 1. The van der Waals surface area contributed by atoms with Crippen molar-refractivity contribution < 1.29 is 4.90 Å². The van der Waals surface area contributed by atoms with Gasteiger partial charge in [-0.15, -0.1) is 11.3 Å².